The number of carboxylic acids is 1. The molecule has 3 rings (SSSR count). The summed E-state index contributed by atoms with van der Waals surface area (Å²) in [6.07, 6.45) is 1.95. The first kappa shape index (κ1) is 18.5. The van der Waals surface area contributed by atoms with Crippen molar-refractivity contribution in [3.05, 3.63) is 47.4 Å². The van der Waals surface area contributed by atoms with Gasteiger partial charge in [-0.05, 0) is 25.5 Å². The third-order valence-electron chi connectivity index (χ3n) is 4.52. The molecule has 8 nitrogen and oxygen atoms in total. The number of nitrogens with zero attached hydrogens (tertiary/aromatic N) is 2. The second kappa shape index (κ2) is 7.53. The van der Waals surface area contributed by atoms with E-state index in [2.05, 4.69) is 15.4 Å². The van der Waals surface area contributed by atoms with Crippen LogP contribution in [0.3, 0.4) is 0 Å². The summed E-state index contributed by atoms with van der Waals surface area (Å²) in [5, 5.41) is 17.2. The van der Waals surface area contributed by atoms with Crippen molar-refractivity contribution in [2.24, 2.45) is 7.05 Å². The van der Waals surface area contributed by atoms with Crippen LogP contribution in [0.4, 0.5) is 0 Å². The molecule has 0 aliphatic rings. The van der Waals surface area contributed by atoms with Crippen LogP contribution in [0.25, 0.3) is 10.9 Å². The summed E-state index contributed by atoms with van der Waals surface area (Å²) in [5.74, 6) is -1.05. The van der Waals surface area contributed by atoms with Crippen LogP contribution >= 0.6 is 0 Å². The van der Waals surface area contributed by atoms with Gasteiger partial charge in [0, 0.05) is 30.6 Å². The van der Waals surface area contributed by atoms with Crippen LogP contribution < -0.4 is 10.1 Å². The first-order valence-electron chi connectivity index (χ1n) is 8.57. The molecule has 0 spiro atoms. The SMILES string of the molecule is Cc1nn(C)c(C)c1OCC(=O)NC(Cc1c[nH]c2ccccc12)C(=O)O. The van der Waals surface area contributed by atoms with Crippen molar-refractivity contribution >= 4 is 22.8 Å². The summed E-state index contributed by atoms with van der Waals surface area (Å²) in [6.45, 7) is 3.35. The second-order valence-corrected chi connectivity index (χ2v) is 6.43. The standard InChI is InChI=1S/C19H22N4O4/c1-11-18(12(2)23(3)22-11)27-10-17(24)21-16(19(25)26)8-13-9-20-15-7-5-4-6-14(13)15/h4-7,9,16,20H,8,10H2,1-3H3,(H,21,24)(H,25,26). The van der Waals surface area contributed by atoms with Gasteiger partial charge in [0.25, 0.3) is 5.91 Å². The van der Waals surface area contributed by atoms with Crippen molar-refractivity contribution in [1.82, 2.24) is 20.1 Å². The fourth-order valence-electron chi connectivity index (χ4n) is 3.06. The van der Waals surface area contributed by atoms with Crippen molar-refractivity contribution in [3.8, 4) is 5.75 Å². The van der Waals surface area contributed by atoms with Gasteiger partial charge in [-0.1, -0.05) is 18.2 Å². The van der Waals surface area contributed by atoms with Gasteiger partial charge in [0.05, 0.1) is 5.69 Å². The lowest BCUT2D eigenvalue weighted by atomic mass is 10.1. The van der Waals surface area contributed by atoms with E-state index < -0.39 is 17.9 Å². The topological polar surface area (TPSA) is 109 Å². The highest BCUT2D eigenvalue weighted by Gasteiger charge is 2.22. The molecular weight excluding hydrogens is 348 g/mol. The predicted octanol–water partition coefficient (Wildman–Crippen LogP) is 1.71. The average Bonchev–Trinajstić information content (AvgIpc) is 3.14. The van der Waals surface area contributed by atoms with Crippen LogP contribution in [0.1, 0.15) is 17.0 Å². The lowest BCUT2D eigenvalue weighted by Gasteiger charge is -2.15. The number of para-hydroxylation sites is 1. The van der Waals surface area contributed by atoms with Gasteiger partial charge in [0.15, 0.2) is 12.4 Å². The fraction of sp³-hybridized carbons (Fsp3) is 0.316. The van der Waals surface area contributed by atoms with Crippen molar-refractivity contribution in [3.63, 3.8) is 0 Å². The number of carbonyl (C=O) groups excluding carboxylic acids is 1. The molecule has 0 aliphatic heterocycles. The Morgan fingerprint density at radius 3 is 2.74 bits per heavy atom. The van der Waals surface area contributed by atoms with E-state index in [0.717, 1.165) is 22.2 Å². The zero-order valence-corrected chi connectivity index (χ0v) is 15.4. The molecule has 0 fully saturated rings. The summed E-state index contributed by atoms with van der Waals surface area (Å²) in [6, 6.07) is 6.58. The van der Waals surface area contributed by atoms with Gasteiger partial charge < -0.3 is 20.1 Å². The van der Waals surface area contributed by atoms with Crippen molar-refractivity contribution in [1.29, 1.82) is 0 Å². The number of aliphatic carboxylic acids is 1. The van der Waals surface area contributed by atoms with E-state index in [1.165, 1.54) is 0 Å². The number of carbonyl (C=O) groups is 2. The Morgan fingerprint density at radius 2 is 2.07 bits per heavy atom. The van der Waals surface area contributed by atoms with E-state index in [-0.39, 0.29) is 13.0 Å². The molecule has 1 unspecified atom stereocenters. The van der Waals surface area contributed by atoms with E-state index >= 15 is 0 Å². The number of nitrogens with one attached hydrogen (secondary N) is 2. The molecule has 8 heteroatoms. The normalized spacial score (nSPS) is 12.1. The quantitative estimate of drug-likeness (QED) is 0.587. The number of amides is 1. The molecule has 0 radical (unpaired) electrons. The summed E-state index contributed by atoms with van der Waals surface area (Å²) in [4.78, 5) is 26.9. The molecule has 0 bridgehead atoms. The Bertz CT molecular complexity index is 989. The highest BCUT2D eigenvalue weighted by atomic mass is 16.5. The van der Waals surface area contributed by atoms with Gasteiger partial charge in [-0.25, -0.2) is 4.79 Å². The molecule has 1 atom stereocenters. The third kappa shape index (κ3) is 3.94. The summed E-state index contributed by atoms with van der Waals surface area (Å²) in [5.41, 5.74) is 3.23. The van der Waals surface area contributed by atoms with Crippen LogP contribution in [0.2, 0.25) is 0 Å². The number of carboxylic acid groups (broad SMARTS) is 1. The summed E-state index contributed by atoms with van der Waals surface area (Å²) >= 11 is 0. The second-order valence-electron chi connectivity index (χ2n) is 6.43. The van der Waals surface area contributed by atoms with E-state index in [9.17, 15) is 14.7 Å². The monoisotopic (exact) mass is 370 g/mol. The van der Waals surface area contributed by atoms with E-state index in [4.69, 9.17) is 4.74 Å². The number of fused-ring (bicyclic) bond motifs is 1. The lowest BCUT2D eigenvalue weighted by Crippen LogP contribution is -2.44. The fourth-order valence-corrected chi connectivity index (χ4v) is 3.06. The van der Waals surface area contributed by atoms with Crippen molar-refractivity contribution in [2.45, 2.75) is 26.3 Å². The minimum atomic E-state index is -1.10. The third-order valence-corrected chi connectivity index (χ3v) is 4.52. The van der Waals surface area contributed by atoms with Crippen molar-refractivity contribution < 1.29 is 19.4 Å². The number of benzene rings is 1. The summed E-state index contributed by atoms with van der Waals surface area (Å²) in [7, 11) is 1.79. The Hall–Kier alpha value is -3.29. The van der Waals surface area contributed by atoms with Crippen molar-refractivity contribution in [2.75, 3.05) is 6.61 Å². The Labute approximate surface area is 156 Å². The van der Waals surface area contributed by atoms with Gasteiger partial charge >= 0.3 is 5.97 Å². The number of H-pyrrole nitrogens is 1. The lowest BCUT2D eigenvalue weighted by molar-refractivity contribution is -0.142. The zero-order chi connectivity index (χ0) is 19.6. The highest BCUT2D eigenvalue weighted by molar-refractivity contribution is 5.87. The maximum Gasteiger partial charge on any atom is 0.326 e. The van der Waals surface area contributed by atoms with E-state index in [1.807, 2.05) is 31.2 Å². The first-order valence-corrected chi connectivity index (χ1v) is 8.57. The Balaban J connectivity index is 1.65. The molecule has 3 N–H and O–H groups in total. The number of hydrogen-bond acceptors (Lipinski definition) is 4. The van der Waals surface area contributed by atoms with Crippen LogP contribution in [0, 0.1) is 13.8 Å². The zero-order valence-electron chi connectivity index (χ0n) is 15.4. The molecule has 2 heterocycles. The molecule has 2 aromatic heterocycles. The van der Waals surface area contributed by atoms with Gasteiger partial charge in [-0.2, -0.15) is 5.10 Å². The van der Waals surface area contributed by atoms with Gasteiger partial charge in [-0.3, -0.25) is 9.48 Å². The van der Waals surface area contributed by atoms with Crippen LogP contribution in [-0.4, -0.2) is 44.4 Å². The Morgan fingerprint density at radius 1 is 1.33 bits per heavy atom. The molecule has 0 saturated heterocycles. The molecule has 3 aromatic rings. The molecule has 0 saturated carbocycles. The first-order chi connectivity index (χ1) is 12.9. The molecular formula is C19H22N4O4. The van der Waals surface area contributed by atoms with Gasteiger partial charge in [0.2, 0.25) is 0 Å². The highest BCUT2D eigenvalue weighted by Crippen LogP contribution is 2.21. The Kier molecular flexibility index (Phi) is 5.16. The number of aromatic nitrogens is 3. The molecule has 142 valence electrons. The van der Waals surface area contributed by atoms with Crippen LogP contribution in [0.15, 0.2) is 30.5 Å². The average molecular weight is 370 g/mol. The van der Waals surface area contributed by atoms with Gasteiger partial charge in [-0.15, -0.1) is 0 Å². The minimum Gasteiger partial charge on any atom is -0.480 e. The number of hydrogen-bond donors (Lipinski definition) is 3. The van der Waals surface area contributed by atoms with Gasteiger partial charge in [0.1, 0.15) is 11.7 Å². The maximum absolute atomic E-state index is 12.2. The summed E-state index contributed by atoms with van der Waals surface area (Å²) < 4.78 is 7.21. The molecule has 1 amide bonds. The number of ether oxygens (including phenoxy) is 1. The number of aryl methyl sites for hydroxylation is 2. The van der Waals surface area contributed by atoms with E-state index in [1.54, 1.807) is 24.9 Å². The van der Waals surface area contributed by atoms with E-state index in [0.29, 0.717) is 11.4 Å². The van der Waals surface area contributed by atoms with Crippen LogP contribution in [0.5, 0.6) is 5.75 Å². The molecule has 1 aromatic carbocycles. The van der Waals surface area contributed by atoms with Crippen LogP contribution in [-0.2, 0) is 23.1 Å². The largest absolute Gasteiger partial charge is 0.480 e. The smallest absolute Gasteiger partial charge is 0.326 e. The number of aromatic amines is 1. The predicted molar refractivity (Wildman–Crippen MR) is 99.7 cm³/mol. The maximum atomic E-state index is 12.2. The number of rotatable bonds is 7. The minimum absolute atomic E-state index is 0.177. The molecule has 27 heavy (non-hydrogen) atoms. The molecule has 0 aliphatic carbocycles.